The van der Waals surface area contributed by atoms with E-state index in [1.807, 2.05) is 56.5 Å². The number of rotatable bonds is 9. The summed E-state index contributed by atoms with van der Waals surface area (Å²) >= 11 is 6.78. The number of aliphatic hydroxyl groups is 1. The van der Waals surface area contributed by atoms with Gasteiger partial charge in [-0.3, -0.25) is 4.57 Å². The number of imidazole rings is 1. The Morgan fingerprint density at radius 3 is 2.37 bits per heavy atom. The van der Waals surface area contributed by atoms with Crippen LogP contribution in [-0.2, 0) is 30.3 Å². The lowest BCUT2D eigenvalue weighted by Gasteiger charge is -2.32. The molecule has 3 aromatic rings. The minimum Gasteiger partial charge on any atom is -0.456 e. The molecule has 4 atom stereocenters. The molecule has 0 spiro atoms. The first kappa shape index (κ1) is 31.0. The predicted octanol–water partition coefficient (Wildman–Crippen LogP) is 4.27. The van der Waals surface area contributed by atoms with Gasteiger partial charge in [0, 0.05) is 20.2 Å². The van der Waals surface area contributed by atoms with Gasteiger partial charge in [-0.2, -0.15) is 4.98 Å². The summed E-state index contributed by atoms with van der Waals surface area (Å²) in [6, 6.07) is 11.1. The lowest BCUT2D eigenvalue weighted by atomic mass is 9.79. The summed E-state index contributed by atoms with van der Waals surface area (Å²) in [4.78, 5) is 9.71. The fourth-order valence-electron chi connectivity index (χ4n) is 5.41. The first-order chi connectivity index (χ1) is 20.2. The van der Waals surface area contributed by atoms with E-state index in [4.69, 9.17) is 49.8 Å². The van der Waals surface area contributed by atoms with Crippen molar-refractivity contribution in [3.05, 3.63) is 35.4 Å². The standard InChI is InChI=1S/C30H41BClN3O7Si/c1-29(2)30(3,4)42-31(41-29)19-10-8-18(9-11-19)24-20(32)14-21-27(34-24)35(17-37-12-13-43(5,6)7)28(33-21)40-23-16-39-25-22(36)15-38-26(23)25/h8-11,14,22-23,25-26,36H,12-13,15-17H2,1-7H3/t22-,23-,25-,26-/m1/s1. The Balaban J connectivity index is 1.29. The number of nitrogens with zero attached hydrogens (tertiary/aromatic N) is 3. The molecule has 0 aliphatic carbocycles. The summed E-state index contributed by atoms with van der Waals surface area (Å²) in [6.07, 6.45) is -1.86. The number of ether oxygens (including phenoxy) is 4. The van der Waals surface area contributed by atoms with Crippen molar-refractivity contribution in [2.75, 3.05) is 19.8 Å². The van der Waals surface area contributed by atoms with Crippen LogP contribution in [0.25, 0.3) is 22.4 Å². The SMILES string of the molecule is CC1(C)OB(c2ccc(-c3nc4c(cc3Cl)nc(O[C@@H]3CO[C@H]5[C@@H]3OC[C@H]5O)n4COCC[Si](C)(C)C)cc2)OC1(C)C. The van der Waals surface area contributed by atoms with Gasteiger partial charge in [0.2, 0.25) is 0 Å². The van der Waals surface area contributed by atoms with E-state index in [9.17, 15) is 5.11 Å². The first-order valence-corrected chi connectivity index (χ1v) is 19.0. The van der Waals surface area contributed by atoms with E-state index in [2.05, 4.69) is 19.6 Å². The minimum atomic E-state index is -1.28. The van der Waals surface area contributed by atoms with E-state index in [0.717, 1.165) is 17.1 Å². The number of fused-ring (bicyclic) bond motifs is 2. The van der Waals surface area contributed by atoms with Crippen molar-refractivity contribution >= 4 is 43.4 Å². The van der Waals surface area contributed by atoms with E-state index in [1.54, 1.807) is 6.07 Å². The van der Waals surface area contributed by atoms with E-state index >= 15 is 0 Å². The Hall–Kier alpha value is -2.03. The molecule has 2 aromatic heterocycles. The van der Waals surface area contributed by atoms with Crippen molar-refractivity contribution in [1.29, 1.82) is 0 Å². The summed E-state index contributed by atoms with van der Waals surface area (Å²) in [7, 11) is -1.73. The number of aromatic nitrogens is 3. The highest BCUT2D eigenvalue weighted by molar-refractivity contribution is 6.76. The quantitative estimate of drug-likeness (QED) is 0.274. The molecule has 3 saturated heterocycles. The van der Waals surface area contributed by atoms with Crippen molar-refractivity contribution in [2.24, 2.45) is 0 Å². The molecule has 3 aliphatic heterocycles. The summed E-state index contributed by atoms with van der Waals surface area (Å²) in [5.41, 5.74) is 2.74. The maximum atomic E-state index is 10.2. The number of pyridine rings is 1. The highest BCUT2D eigenvalue weighted by Gasteiger charge is 2.52. The highest BCUT2D eigenvalue weighted by Crippen LogP contribution is 2.37. The third-order valence-corrected chi connectivity index (χ3v) is 10.8. The molecule has 0 saturated carbocycles. The van der Waals surface area contributed by atoms with Gasteiger partial charge in [0.25, 0.3) is 0 Å². The molecule has 43 heavy (non-hydrogen) atoms. The molecular formula is C30H41BClN3O7Si. The molecule has 13 heteroatoms. The number of halogens is 1. The second kappa shape index (κ2) is 11.4. The monoisotopic (exact) mass is 629 g/mol. The molecule has 0 radical (unpaired) electrons. The van der Waals surface area contributed by atoms with Crippen molar-refractivity contribution < 1.29 is 33.4 Å². The molecule has 0 unspecified atom stereocenters. The van der Waals surface area contributed by atoms with Crippen LogP contribution in [0.3, 0.4) is 0 Å². The van der Waals surface area contributed by atoms with Crippen LogP contribution in [0.15, 0.2) is 30.3 Å². The molecule has 10 nitrogen and oxygen atoms in total. The van der Waals surface area contributed by atoms with E-state index in [0.29, 0.717) is 41.1 Å². The van der Waals surface area contributed by atoms with Crippen LogP contribution >= 0.6 is 11.6 Å². The second-order valence-corrected chi connectivity index (χ2v) is 19.9. The molecule has 0 amide bonds. The summed E-state index contributed by atoms with van der Waals surface area (Å²) in [6.45, 7) is 16.5. The van der Waals surface area contributed by atoms with Crippen LogP contribution in [0.1, 0.15) is 27.7 Å². The molecule has 3 fully saturated rings. The normalized spacial score (nSPS) is 26.4. The smallest absolute Gasteiger partial charge is 0.456 e. The van der Waals surface area contributed by atoms with E-state index < -0.39 is 44.7 Å². The third kappa shape index (κ3) is 6.13. The van der Waals surface area contributed by atoms with Crippen LogP contribution in [0.5, 0.6) is 6.01 Å². The summed E-state index contributed by atoms with van der Waals surface area (Å²) in [5, 5.41) is 10.6. The fraction of sp³-hybridized carbons (Fsp3) is 0.600. The highest BCUT2D eigenvalue weighted by atomic mass is 35.5. The van der Waals surface area contributed by atoms with Crippen LogP contribution in [0, 0.1) is 0 Å². The molecule has 3 aliphatic rings. The third-order valence-electron chi connectivity index (χ3n) is 8.80. The van der Waals surface area contributed by atoms with Gasteiger partial charge in [-0.15, -0.1) is 0 Å². The molecule has 232 valence electrons. The van der Waals surface area contributed by atoms with E-state index in [1.165, 1.54) is 0 Å². The molecule has 1 N–H and O–H groups in total. The number of aliphatic hydroxyl groups excluding tert-OH is 1. The second-order valence-electron chi connectivity index (χ2n) is 13.9. The van der Waals surface area contributed by atoms with Gasteiger partial charge < -0.3 is 33.4 Å². The van der Waals surface area contributed by atoms with Crippen LogP contribution in [0.4, 0.5) is 0 Å². The Bertz CT molecular complexity index is 1460. The van der Waals surface area contributed by atoms with Gasteiger partial charge in [-0.1, -0.05) is 55.5 Å². The lowest BCUT2D eigenvalue weighted by Crippen LogP contribution is -2.41. The van der Waals surface area contributed by atoms with Gasteiger partial charge in [0.05, 0.1) is 35.1 Å². The maximum Gasteiger partial charge on any atom is 0.494 e. The van der Waals surface area contributed by atoms with Gasteiger partial charge in [0.15, 0.2) is 11.8 Å². The van der Waals surface area contributed by atoms with Crippen LogP contribution < -0.4 is 10.2 Å². The number of hydrogen-bond acceptors (Lipinski definition) is 9. The molecular weight excluding hydrogens is 589 g/mol. The zero-order chi connectivity index (χ0) is 30.7. The number of hydrogen-bond donors (Lipinski definition) is 1. The average molecular weight is 630 g/mol. The summed E-state index contributed by atoms with van der Waals surface area (Å²) < 4.78 is 38.3. The Labute approximate surface area is 259 Å². The average Bonchev–Trinajstić information content (AvgIpc) is 3.64. The zero-order valence-corrected chi connectivity index (χ0v) is 27.7. The molecule has 5 heterocycles. The largest absolute Gasteiger partial charge is 0.494 e. The molecule has 6 rings (SSSR count). The zero-order valence-electron chi connectivity index (χ0n) is 25.9. The van der Waals surface area contributed by atoms with Gasteiger partial charge >= 0.3 is 13.1 Å². The van der Waals surface area contributed by atoms with Gasteiger partial charge in [0.1, 0.15) is 30.6 Å². The van der Waals surface area contributed by atoms with Gasteiger partial charge in [-0.05, 0) is 45.3 Å². The maximum absolute atomic E-state index is 10.2. The minimum absolute atomic E-state index is 0.219. The summed E-state index contributed by atoms with van der Waals surface area (Å²) in [5.74, 6) is 0. The molecule has 0 bridgehead atoms. The van der Waals surface area contributed by atoms with Crippen molar-refractivity contribution in [1.82, 2.24) is 14.5 Å². The van der Waals surface area contributed by atoms with E-state index in [-0.39, 0.29) is 19.4 Å². The van der Waals surface area contributed by atoms with Crippen molar-refractivity contribution in [2.45, 2.75) is 95.7 Å². The number of benzene rings is 1. The topological polar surface area (TPSA) is 106 Å². The molecule has 1 aromatic carbocycles. The van der Waals surface area contributed by atoms with Crippen molar-refractivity contribution in [3.63, 3.8) is 0 Å². The fourth-order valence-corrected chi connectivity index (χ4v) is 6.42. The lowest BCUT2D eigenvalue weighted by molar-refractivity contribution is 0.00336. The van der Waals surface area contributed by atoms with Crippen molar-refractivity contribution in [3.8, 4) is 17.3 Å². The Morgan fingerprint density at radius 1 is 1.02 bits per heavy atom. The predicted molar refractivity (Wildman–Crippen MR) is 168 cm³/mol. The Kier molecular flexibility index (Phi) is 8.21. The van der Waals surface area contributed by atoms with Crippen LogP contribution in [0.2, 0.25) is 30.7 Å². The van der Waals surface area contributed by atoms with Crippen LogP contribution in [-0.4, -0.2) is 90.3 Å². The van der Waals surface area contributed by atoms with Gasteiger partial charge in [-0.25, -0.2) is 4.98 Å². The Morgan fingerprint density at radius 2 is 1.70 bits per heavy atom. The first-order valence-electron chi connectivity index (χ1n) is 14.9.